The molecule has 0 unspecified atom stereocenters. The second-order valence-corrected chi connectivity index (χ2v) is 6.31. The van der Waals surface area contributed by atoms with E-state index in [1.54, 1.807) is 24.4 Å². The maximum atomic E-state index is 11.9. The standard InChI is InChI=1S/C21H16ClN3O4/c22-17-9-6-16(7-10-17)21(28)25-24-18(26)13-29-19(27)11-8-15-4-1-3-14-5-2-12-23-20(14)15/h1-12H,13H2,(H,24,26)(H,25,28)/b11-8+. The molecule has 0 aliphatic rings. The van der Waals surface area contributed by atoms with Gasteiger partial charge in [0.25, 0.3) is 11.8 Å². The van der Waals surface area contributed by atoms with E-state index < -0.39 is 24.4 Å². The first-order valence-corrected chi connectivity index (χ1v) is 8.94. The first kappa shape index (κ1) is 20.0. The smallest absolute Gasteiger partial charge is 0.331 e. The Morgan fingerprint density at radius 2 is 1.76 bits per heavy atom. The lowest BCUT2D eigenvalue weighted by molar-refractivity contribution is -0.144. The second kappa shape index (κ2) is 9.48. The van der Waals surface area contributed by atoms with E-state index >= 15 is 0 Å². The molecule has 0 spiro atoms. The fourth-order valence-electron chi connectivity index (χ4n) is 2.44. The topological polar surface area (TPSA) is 97.4 Å². The van der Waals surface area contributed by atoms with Crippen LogP contribution in [0.4, 0.5) is 0 Å². The summed E-state index contributed by atoms with van der Waals surface area (Å²) in [6, 6.07) is 15.5. The van der Waals surface area contributed by atoms with Gasteiger partial charge in [-0.05, 0) is 36.4 Å². The van der Waals surface area contributed by atoms with Crippen molar-refractivity contribution in [3.8, 4) is 0 Å². The van der Waals surface area contributed by atoms with Crippen LogP contribution in [-0.2, 0) is 14.3 Å². The highest BCUT2D eigenvalue weighted by Gasteiger charge is 2.09. The first-order valence-electron chi connectivity index (χ1n) is 8.56. The molecule has 0 aliphatic heterocycles. The van der Waals surface area contributed by atoms with Crippen molar-refractivity contribution in [3.05, 3.63) is 83.0 Å². The predicted molar refractivity (Wildman–Crippen MR) is 109 cm³/mol. The zero-order chi connectivity index (χ0) is 20.6. The average Bonchev–Trinajstić information content (AvgIpc) is 2.75. The highest BCUT2D eigenvalue weighted by Crippen LogP contribution is 2.17. The number of hydrazine groups is 1. The van der Waals surface area contributed by atoms with Gasteiger partial charge < -0.3 is 4.74 Å². The van der Waals surface area contributed by atoms with Crippen molar-refractivity contribution in [2.45, 2.75) is 0 Å². The molecular weight excluding hydrogens is 394 g/mol. The van der Waals surface area contributed by atoms with Crippen LogP contribution in [0.5, 0.6) is 0 Å². The van der Waals surface area contributed by atoms with Gasteiger partial charge in [-0.25, -0.2) is 4.79 Å². The lowest BCUT2D eigenvalue weighted by Crippen LogP contribution is -2.43. The summed E-state index contributed by atoms with van der Waals surface area (Å²) >= 11 is 5.75. The monoisotopic (exact) mass is 409 g/mol. The summed E-state index contributed by atoms with van der Waals surface area (Å²) in [7, 11) is 0. The van der Waals surface area contributed by atoms with Crippen molar-refractivity contribution < 1.29 is 19.1 Å². The van der Waals surface area contributed by atoms with E-state index in [4.69, 9.17) is 16.3 Å². The van der Waals surface area contributed by atoms with Crippen LogP contribution in [0, 0.1) is 0 Å². The third kappa shape index (κ3) is 5.63. The summed E-state index contributed by atoms with van der Waals surface area (Å²) in [5, 5.41) is 1.43. The first-order chi connectivity index (χ1) is 14.0. The average molecular weight is 410 g/mol. The summed E-state index contributed by atoms with van der Waals surface area (Å²) in [5.41, 5.74) is 6.21. The van der Waals surface area contributed by atoms with Crippen LogP contribution in [0.15, 0.2) is 66.9 Å². The number of amides is 2. The molecule has 0 fully saturated rings. The van der Waals surface area contributed by atoms with Crippen molar-refractivity contribution in [1.29, 1.82) is 0 Å². The highest BCUT2D eigenvalue weighted by atomic mass is 35.5. The number of rotatable bonds is 5. The Hall–Kier alpha value is -3.71. The summed E-state index contributed by atoms with van der Waals surface area (Å²) < 4.78 is 4.86. The minimum atomic E-state index is -0.697. The molecule has 29 heavy (non-hydrogen) atoms. The van der Waals surface area contributed by atoms with Crippen LogP contribution in [0.25, 0.3) is 17.0 Å². The molecule has 2 aromatic carbocycles. The van der Waals surface area contributed by atoms with Crippen LogP contribution >= 0.6 is 11.6 Å². The summed E-state index contributed by atoms with van der Waals surface area (Å²) in [6.07, 6.45) is 4.45. The van der Waals surface area contributed by atoms with Crippen molar-refractivity contribution in [2.75, 3.05) is 6.61 Å². The normalized spacial score (nSPS) is 10.7. The number of fused-ring (bicyclic) bond motifs is 1. The van der Waals surface area contributed by atoms with E-state index in [1.807, 2.05) is 30.3 Å². The number of hydrogen-bond acceptors (Lipinski definition) is 5. The molecule has 146 valence electrons. The third-order valence-corrected chi connectivity index (χ3v) is 4.08. The number of ether oxygens (including phenoxy) is 1. The lowest BCUT2D eigenvalue weighted by Gasteiger charge is -2.07. The summed E-state index contributed by atoms with van der Waals surface area (Å²) in [4.78, 5) is 39.7. The minimum Gasteiger partial charge on any atom is -0.452 e. The van der Waals surface area contributed by atoms with Crippen LogP contribution < -0.4 is 10.9 Å². The Labute approximate surface area is 171 Å². The molecule has 2 N–H and O–H groups in total. The molecule has 0 radical (unpaired) electrons. The largest absolute Gasteiger partial charge is 0.452 e. The number of pyridine rings is 1. The van der Waals surface area contributed by atoms with E-state index in [1.165, 1.54) is 18.2 Å². The SMILES string of the molecule is O=C(COC(=O)/C=C/c1cccc2cccnc12)NNC(=O)c1ccc(Cl)cc1. The van der Waals surface area contributed by atoms with E-state index in [0.717, 1.165) is 16.5 Å². The number of esters is 1. The van der Waals surface area contributed by atoms with Gasteiger partial charge in [-0.3, -0.25) is 25.4 Å². The van der Waals surface area contributed by atoms with E-state index in [0.29, 0.717) is 10.6 Å². The Kier molecular flexibility index (Phi) is 6.55. The fourth-order valence-corrected chi connectivity index (χ4v) is 2.57. The van der Waals surface area contributed by atoms with Crippen LogP contribution in [0.2, 0.25) is 5.02 Å². The van der Waals surface area contributed by atoms with E-state index in [2.05, 4.69) is 15.8 Å². The highest BCUT2D eigenvalue weighted by molar-refractivity contribution is 6.30. The van der Waals surface area contributed by atoms with E-state index in [-0.39, 0.29) is 0 Å². The van der Waals surface area contributed by atoms with Gasteiger partial charge >= 0.3 is 5.97 Å². The number of hydrogen-bond donors (Lipinski definition) is 2. The maximum absolute atomic E-state index is 11.9. The molecule has 1 heterocycles. The summed E-state index contributed by atoms with van der Waals surface area (Å²) in [6.45, 7) is -0.544. The maximum Gasteiger partial charge on any atom is 0.331 e. The van der Waals surface area contributed by atoms with Gasteiger partial charge in [0.05, 0.1) is 5.52 Å². The Morgan fingerprint density at radius 3 is 2.55 bits per heavy atom. The Morgan fingerprint density at radius 1 is 1.00 bits per heavy atom. The van der Waals surface area contributed by atoms with Gasteiger partial charge in [-0.2, -0.15) is 0 Å². The Bertz CT molecular complexity index is 1080. The molecule has 3 rings (SSSR count). The molecule has 3 aromatic rings. The molecule has 0 atom stereocenters. The van der Waals surface area contributed by atoms with Gasteiger partial charge in [-0.15, -0.1) is 0 Å². The quantitative estimate of drug-likeness (QED) is 0.383. The zero-order valence-electron chi connectivity index (χ0n) is 15.1. The number of nitrogens with zero attached hydrogens (tertiary/aromatic N) is 1. The molecule has 8 heteroatoms. The number of carbonyl (C=O) groups is 3. The molecule has 0 bridgehead atoms. The van der Waals surface area contributed by atoms with Gasteiger partial charge in [0.1, 0.15) is 0 Å². The van der Waals surface area contributed by atoms with Gasteiger partial charge in [0, 0.05) is 33.8 Å². The molecule has 7 nitrogen and oxygen atoms in total. The molecule has 0 saturated heterocycles. The zero-order valence-corrected chi connectivity index (χ0v) is 15.8. The summed E-state index contributed by atoms with van der Waals surface area (Å²) in [5.74, 6) is -1.90. The van der Waals surface area contributed by atoms with Gasteiger partial charge in [-0.1, -0.05) is 35.9 Å². The lowest BCUT2D eigenvalue weighted by atomic mass is 10.1. The second-order valence-electron chi connectivity index (χ2n) is 5.87. The van der Waals surface area contributed by atoms with Crippen molar-refractivity contribution in [3.63, 3.8) is 0 Å². The van der Waals surface area contributed by atoms with Crippen LogP contribution in [-0.4, -0.2) is 29.4 Å². The van der Waals surface area contributed by atoms with Crippen molar-refractivity contribution in [1.82, 2.24) is 15.8 Å². The molecule has 2 amide bonds. The van der Waals surface area contributed by atoms with Crippen molar-refractivity contribution >= 4 is 46.4 Å². The number of para-hydroxylation sites is 1. The number of halogens is 1. The van der Waals surface area contributed by atoms with Crippen LogP contribution in [0.3, 0.4) is 0 Å². The van der Waals surface area contributed by atoms with Crippen molar-refractivity contribution in [2.24, 2.45) is 0 Å². The van der Waals surface area contributed by atoms with Gasteiger partial charge in [0.2, 0.25) is 0 Å². The van der Waals surface area contributed by atoms with Gasteiger partial charge in [0.15, 0.2) is 6.61 Å². The fraction of sp³-hybridized carbons (Fsp3) is 0.0476. The third-order valence-electron chi connectivity index (χ3n) is 3.83. The Balaban J connectivity index is 1.47. The molecule has 0 aliphatic carbocycles. The van der Waals surface area contributed by atoms with E-state index in [9.17, 15) is 14.4 Å². The number of benzene rings is 2. The number of nitrogens with one attached hydrogen (secondary N) is 2. The molecular formula is C21H16ClN3O4. The van der Waals surface area contributed by atoms with Crippen LogP contribution in [0.1, 0.15) is 15.9 Å². The molecule has 1 aromatic heterocycles. The molecule has 0 saturated carbocycles. The minimum absolute atomic E-state index is 0.318. The predicted octanol–water partition coefficient (Wildman–Crippen LogP) is 2.91. The number of carbonyl (C=O) groups excluding carboxylic acids is 3. The number of aromatic nitrogens is 1.